The number of ketones is 1. The predicted octanol–water partition coefficient (Wildman–Crippen LogP) is 8.47. The smallest absolute Gasteiger partial charge is 0.416 e. The minimum atomic E-state index is -4.67. The molecule has 1 saturated heterocycles. The van der Waals surface area contributed by atoms with Crippen molar-refractivity contribution in [3.8, 4) is 0 Å². The van der Waals surface area contributed by atoms with E-state index in [0.717, 1.165) is 53.4 Å². The SMILES string of the molecule is CC(C)(C)OC(=O)CC1C(=O)CC(c2ccc(C(F)(F)F)cc2)N(C(=O)OCc2ccccc2)C1c1ccc(C(F)(F)F)cc1. The highest BCUT2D eigenvalue weighted by molar-refractivity contribution is 5.89. The maximum Gasteiger partial charge on any atom is 0.416 e. The maximum atomic E-state index is 13.9. The predicted molar refractivity (Wildman–Crippen MR) is 150 cm³/mol. The number of nitrogens with zero attached hydrogens (tertiary/aromatic N) is 1. The molecule has 3 atom stereocenters. The summed E-state index contributed by atoms with van der Waals surface area (Å²) >= 11 is 0. The molecular formula is C33H31F6NO5. The number of halogens is 6. The summed E-state index contributed by atoms with van der Waals surface area (Å²) in [5.41, 5.74) is -1.97. The molecule has 0 aromatic heterocycles. The zero-order valence-corrected chi connectivity index (χ0v) is 24.6. The standard InChI is InChI=1S/C33H31F6NO5/c1-31(2,3)45-28(42)17-25-27(41)18-26(21-9-13-23(14-10-21)32(34,35)36)40(30(43)44-19-20-7-5-4-6-8-20)29(25)22-11-15-24(16-12-22)33(37,38)39/h4-16,25-26,29H,17-19H2,1-3H3. The molecule has 3 aromatic rings. The van der Waals surface area contributed by atoms with E-state index in [0.29, 0.717) is 5.56 Å². The van der Waals surface area contributed by atoms with Crippen molar-refractivity contribution in [2.75, 3.05) is 0 Å². The molecular weight excluding hydrogens is 604 g/mol. The van der Waals surface area contributed by atoms with E-state index in [-0.39, 0.29) is 17.7 Å². The van der Waals surface area contributed by atoms with Gasteiger partial charge in [0, 0.05) is 6.42 Å². The Morgan fingerprint density at radius 1 is 0.778 bits per heavy atom. The minimum Gasteiger partial charge on any atom is -0.460 e. The molecule has 4 rings (SSSR count). The molecule has 3 unspecified atom stereocenters. The molecule has 0 radical (unpaired) electrons. The second-order valence-corrected chi connectivity index (χ2v) is 11.7. The van der Waals surface area contributed by atoms with Gasteiger partial charge >= 0.3 is 24.4 Å². The molecule has 12 heteroatoms. The molecule has 1 amide bonds. The van der Waals surface area contributed by atoms with Gasteiger partial charge in [0.1, 0.15) is 18.0 Å². The molecule has 240 valence electrons. The second kappa shape index (κ2) is 12.9. The summed E-state index contributed by atoms with van der Waals surface area (Å²) in [4.78, 5) is 41.7. The van der Waals surface area contributed by atoms with Crippen LogP contribution >= 0.6 is 0 Å². The second-order valence-electron chi connectivity index (χ2n) is 11.7. The van der Waals surface area contributed by atoms with Crippen LogP contribution in [0.25, 0.3) is 0 Å². The number of Topliss-reactive ketones (excluding diaryl/α,β-unsaturated/α-hetero) is 1. The topological polar surface area (TPSA) is 72.9 Å². The van der Waals surface area contributed by atoms with Gasteiger partial charge in [0.05, 0.1) is 35.5 Å². The molecule has 6 nitrogen and oxygen atoms in total. The minimum absolute atomic E-state index is 0.0955. The first kappa shape index (κ1) is 33.5. The Morgan fingerprint density at radius 2 is 1.29 bits per heavy atom. The number of carbonyl (C=O) groups is 3. The number of rotatable bonds is 6. The van der Waals surface area contributed by atoms with Gasteiger partial charge in [0.15, 0.2) is 0 Å². The summed E-state index contributed by atoms with van der Waals surface area (Å²) in [6.07, 6.45) is -11.2. The van der Waals surface area contributed by atoms with Crippen molar-refractivity contribution >= 4 is 17.8 Å². The van der Waals surface area contributed by atoms with Gasteiger partial charge in [-0.2, -0.15) is 26.3 Å². The fraction of sp³-hybridized carbons (Fsp3) is 0.364. The zero-order chi connectivity index (χ0) is 33.2. The van der Waals surface area contributed by atoms with Crippen molar-refractivity contribution in [2.24, 2.45) is 5.92 Å². The molecule has 0 N–H and O–H groups in total. The third-order valence-corrected chi connectivity index (χ3v) is 7.25. The number of piperidine rings is 1. The fourth-order valence-electron chi connectivity index (χ4n) is 5.26. The highest BCUT2D eigenvalue weighted by Gasteiger charge is 2.48. The van der Waals surface area contributed by atoms with Crippen molar-refractivity contribution in [1.82, 2.24) is 4.90 Å². The third kappa shape index (κ3) is 8.43. The Labute approximate surface area is 255 Å². The van der Waals surface area contributed by atoms with E-state index < -0.39 is 77.8 Å². The quantitative estimate of drug-likeness (QED) is 0.201. The van der Waals surface area contributed by atoms with Crippen LogP contribution in [0, 0.1) is 5.92 Å². The molecule has 0 saturated carbocycles. The summed E-state index contributed by atoms with van der Waals surface area (Å²) in [5, 5.41) is 0. The Balaban J connectivity index is 1.82. The van der Waals surface area contributed by atoms with Gasteiger partial charge in [-0.25, -0.2) is 4.79 Å². The average molecular weight is 636 g/mol. The highest BCUT2D eigenvalue weighted by Crippen LogP contribution is 2.46. The largest absolute Gasteiger partial charge is 0.460 e. The van der Waals surface area contributed by atoms with E-state index in [1.165, 1.54) is 0 Å². The number of benzene rings is 3. The third-order valence-electron chi connectivity index (χ3n) is 7.25. The van der Waals surface area contributed by atoms with Gasteiger partial charge in [-0.15, -0.1) is 0 Å². The molecule has 1 aliphatic rings. The highest BCUT2D eigenvalue weighted by atomic mass is 19.4. The van der Waals surface area contributed by atoms with Gasteiger partial charge in [-0.3, -0.25) is 14.5 Å². The molecule has 0 bridgehead atoms. The van der Waals surface area contributed by atoms with Gasteiger partial charge in [-0.1, -0.05) is 54.6 Å². The number of hydrogen-bond acceptors (Lipinski definition) is 5. The first-order chi connectivity index (χ1) is 20.9. The molecule has 1 fully saturated rings. The van der Waals surface area contributed by atoms with Gasteiger partial charge in [0.2, 0.25) is 0 Å². The molecule has 45 heavy (non-hydrogen) atoms. The van der Waals surface area contributed by atoms with Gasteiger partial charge in [-0.05, 0) is 61.7 Å². The molecule has 0 spiro atoms. The number of carbonyl (C=O) groups excluding carboxylic acids is 3. The lowest BCUT2D eigenvalue weighted by Gasteiger charge is -2.45. The van der Waals surface area contributed by atoms with Crippen LogP contribution in [-0.2, 0) is 38.0 Å². The van der Waals surface area contributed by atoms with E-state index in [4.69, 9.17) is 9.47 Å². The van der Waals surface area contributed by atoms with Crippen molar-refractivity contribution < 1.29 is 50.2 Å². The van der Waals surface area contributed by atoms with Gasteiger partial charge in [0.25, 0.3) is 0 Å². The van der Waals surface area contributed by atoms with E-state index in [2.05, 4.69) is 0 Å². The van der Waals surface area contributed by atoms with Crippen LogP contribution in [0.15, 0.2) is 78.9 Å². The number of amides is 1. The molecule has 3 aromatic carbocycles. The van der Waals surface area contributed by atoms with E-state index in [1.807, 2.05) is 0 Å². The lowest BCUT2D eigenvalue weighted by atomic mass is 9.77. The van der Waals surface area contributed by atoms with Crippen molar-refractivity contribution in [3.05, 3.63) is 107 Å². The summed E-state index contributed by atoms with van der Waals surface area (Å²) < 4.78 is 91.2. The first-order valence-corrected chi connectivity index (χ1v) is 14.0. The number of ether oxygens (including phenoxy) is 2. The van der Waals surface area contributed by atoms with Crippen LogP contribution in [0.2, 0.25) is 0 Å². The Bertz CT molecular complexity index is 1500. The Kier molecular flexibility index (Phi) is 9.65. The number of likely N-dealkylation sites (tertiary alicyclic amines) is 1. The van der Waals surface area contributed by atoms with E-state index >= 15 is 0 Å². The fourth-order valence-corrected chi connectivity index (χ4v) is 5.26. The lowest BCUT2D eigenvalue weighted by molar-refractivity contribution is -0.159. The lowest BCUT2D eigenvalue weighted by Crippen LogP contribution is -2.49. The first-order valence-electron chi connectivity index (χ1n) is 14.0. The van der Waals surface area contributed by atoms with E-state index in [1.54, 1.807) is 51.1 Å². The van der Waals surface area contributed by atoms with Crippen LogP contribution in [0.4, 0.5) is 31.1 Å². The number of hydrogen-bond donors (Lipinski definition) is 0. The summed E-state index contributed by atoms with van der Waals surface area (Å²) in [6.45, 7) is 4.65. The van der Waals surface area contributed by atoms with Crippen molar-refractivity contribution in [3.63, 3.8) is 0 Å². The zero-order valence-electron chi connectivity index (χ0n) is 24.6. The van der Waals surface area contributed by atoms with E-state index in [9.17, 15) is 40.7 Å². The van der Waals surface area contributed by atoms with Crippen LogP contribution < -0.4 is 0 Å². The average Bonchev–Trinajstić information content (AvgIpc) is 2.95. The Hall–Kier alpha value is -4.35. The van der Waals surface area contributed by atoms with Crippen LogP contribution in [0.1, 0.15) is 73.5 Å². The molecule has 0 aliphatic carbocycles. The number of esters is 1. The van der Waals surface area contributed by atoms with Crippen LogP contribution in [-0.4, -0.2) is 28.3 Å². The normalized spacial score (nSPS) is 19.3. The summed E-state index contributed by atoms with van der Waals surface area (Å²) in [6, 6.07) is 13.8. The summed E-state index contributed by atoms with van der Waals surface area (Å²) in [7, 11) is 0. The van der Waals surface area contributed by atoms with Gasteiger partial charge < -0.3 is 9.47 Å². The monoisotopic (exact) mass is 635 g/mol. The Morgan fingerprint density at radius 3 is 1.78 bits per heavy atom. The maximum absolute atomic E-state index is 13.9. The van der Waals surface area contributed by atoms with Crippen molar-refractivity contribution in [2.45, 2.75) is 70.3 Å². The van der Waals surface area contributed by atoms with Crippen molar-refractivity contribution in [1.29, 1.82) is 0 Å². The summed E-state index contributed by atoms with van der Waals surface area (Å²) in [5.74, 6) is -2.56. The molecule has 1 aliphatic heterocycles. The van der Waals surface area contributed by atoms with Crippen LogP contribution in [0.3, 0.4) is 0 Å². The van der Waals surface area contributed by atoms with Crippen LogP contribution in [0.5, 0.6) is 0 Å². The molecule has 1 heterocycles. The number of alkyl halides is 6.